The molecule has 0 saturated carbocycles. The molecular weight excluding hydrogens is 370 g/mol. The third-order valence-corrected chi connectivity index (χ3v) is 6.31. The van der Waals surface area contributed by atoms with Gasteiger partial charge in [-0.1, -0.05) is 6.92 Å². The van der Waals surface area contributed by atoms with Crippen molar-refractivity contribution in [1.82, 2.24) is 20.6 Å². The zero-order valence-electron chi connectivity index (χ0n) is 15.0. The van der Waals surface area contributed by atoms with E-state index >= 15 is 0 Å². The SMILES string of the molecule is CC1CCNCC1NC(=O)C1CCCN(c2ncnc3sccc23)C1.Cl. The van der Waals surface area contributed by atoms with Gasteiger partial charge in [0.25, 0.3) is 0 Å². The molecule has 4 heterocycles. The van der Waals surface area contributed by atoms with Crippen molar-refractivity contribution >= 4 is 45.7 Å². The fourth-order valence-electron chi connectivity index (χ4n) is 3.90. The van der Waals surface area contributed by atoms with Crippen LogP contribution in [-0.2, 0) is 4.79 Å². The van der Waals surface area contributed by atoms with Crippen LogP contribution in [0.1, 0.15) is 26.2 Å². The topological polar surface area (TPSA) is 70.2 Å². The summed E-state index contributed by atoms with van der Waals surface area (Å²) in [4.78, 5) is 24.9. The Labute approximate surface area is 164 Å². The predicted molar refractivity (Wildman–Crippen MR) is 108 cm³/mol. The molecule has 3 unspecified atom stereocenters. The van der Waals surface area contributed by atoms with Crippen LogP contribution in [0.25, 0.3) is 10.2 Å². The van der Waals surface area contributed by atoms with Gasteiger partial charge in [0.15, 0.2) is 0 Å². The summed E-state index contributed by atoms with van der Waals surface area (Å²) in [6, 6.07) is 2.33. The van der Waals surface area contributed by atoms with Gasteiger partial charge >= 0.3 is 0 Å². The van der Waals surface area contributed by atoms with Crippen molar-refractivity contribution in [1.29, 1.82) is 0 Å². The lowest BCUT2D eigenvalue weighted by atomic mass is 9.92. The maximum Gasteiger partial charge on any atom is 0.225 e. The molecule has 2 fully saturated rings. The average molecular weight is 396 g/mol. The van der Waals surface area contributed by atoms with E-state index in [1.165, 1.54) is 0 Å². The molecule has 26 heavy (non-hydrogen) atoms. The van der Waals surface area contributed by atoms with Crippen LogP contribution in [0.2, 0.25) is 0 Å². The molecule has 0 bridgehead atoms. The van der Waals surface area contributed by atoms with Crippen LogP contribution in [0.4, 0.5) is 5.82 Å². The molecular formula is C18H26ClN5OS. The Kier molecular flexibility index (Phi) is 6.32. The van der Waals surface area contributed by atoms with Crippen LogP contribution >= 0.6 is 23.7 Å². The Morgan fingerprint density at radius 1 is 1.38 bits per heavy atom. The molecule has 4 rings (SSSR count). The molecule has 0 spiro atoms. The lowest BCUT2D eigenvalue weighted by Crippen LogP contribution is -2.53. The summed E-state index contributed by atoms with van der Waals surface area (Å²) in [6.45, 7) is 5.85. The van der Waals surface area contributed by atoms with Gasteiger partial charge in [0, 0.05) is 25.7 Å². The summed E-state index contributed by atoms with van der Waals surface area (Å²) in [5.74, 6) is 1.74. The second-order valence-electron chi connectivity index (χ2n) is 7.21. The molecule has 2 aliphatic heterocycles. The second-order valence-corrected chi connectivity index (χ2v) is 8.10. The zero-order valence-corrected chi connectivity index (χ0v) is 16.6. The van der Waals surface area contributed by atoms with Gasteiger partial charge in [0.1, 0.15) is 17.0 Å². The number of carbonyl (C=O) groups excluding carboxylic acids is 1. The standard InChI is InChI=1S/C18H25N5OS.ClH/c1-12-4-6-19-9-15(12)22-17(24)13-3-2-7-23(10-13)16-14-5-8-25-18(14)21-11-20-16;/h5,8,11-13,15,19H,2-4,6-7,9-10H2,1H3,(H,22,24);1H. The first-order chi connectivity index (χ1) is 12.2. The number of nitrogens with zero attached hydrogens (tertiary/aromatic N) is 3. The van der Waals surface area contributed by atoms with E-state index in [1.807, 2.05) is 0 Å². The summed E-state index contributed by atoms with van der Waals surface area (Å²) in [7, 11) is 0. The van der Waals surface area contributed by atoms with Gasteiger partial charge in [-0.25, -0.2) is 9.97 Å². The van der Waals surface area contributed by atoms with Crippen molar-refractivity contribution in [2.45, 2.75) is 32.2 Å². The average Bonchev–Trinajstić information content (AvgIpc) is 3.12. The smallest absolute Gasteiger partial charge is 0.225 e. The molecule has 8 heteroatoms. The number of aromatic nitrogens is 2. The number of anilines is 1. The Morgan fingerprint density at radius 3 is 3.12 bits per heavy atom. The van der Waals surface area contributed by atoms with E-state index in [4.69, 9.17) is 0 Å². The zero-order chi connectivity index (χ0) is 17.2. The highest BCUT2D eigenvalue weighted by molar-refractivity contribution is 7.16. The largest absolute Gasteiger partial charge is 0.355 e. The van der Waals surface area contributed by atoms with Crippen molar-refractivity contribution < 1.29 is 4.79 Å². The number of hydrogen-bond acceptors (Lipinski definition) is 6. The third-order valence-electron chi connectivity index (χ3n) is 5.49. The van der Waals surface area contributed by atoms with E-state index in [2.05, 4.69) is 43.9 Å². The number of piperidine rings is 2. The first kappa shape index (κ1) is 19.3. The summed E-state index contributed by atoms with van der Waals surface area (Å²) in [6.07, 6.45) is 4.73. The lowest BCUT2D eigenvalue weighted by Gasteiger charge is -2.35. The molecule has 6 nitrogen and oxygen atoms in total. The van der Waals surface area contributed by atoms with Crippen molar-refractivity contribution in [3.05, 3.63) is 17.8 Å². The van der Waals surface area contributed by atoms with Crippen molar-refractivity contribution in [3.63, 3.8) is 0 Å². The molecule has 0 aromatic carbocycles. The summed E-state index contributed by atoms with van der Waals surface area (Å²) in [5.41, 5.74) is 0. The van der Waals surface area contributed by atoms with Gasteiger partial charge in [-0.05, 0) is 43.2 Å². The minimum Gasteiger partial charge on any atom is -0.355 e. The molecule has 3 atom stereocenters. The number of rotatable bonds is 3. The third kappa shape index (κ3) is 3.94. The van der Waals surface area contributed by atoms with Crippen LogP contribution in [0.5, 0.6) is 0 Å². The summed E-state index contributed by atoms with van der Waals surface area (Å²) in [5, 5.41) is 9.81. The first-order valence-electron chi connectivity index (χ1n) is 9.16. The van der Waals surface area contributed by atoms with E-state index in [0.717, 1.165) is 61.5 Å². The van der Waals surface area contributed by atoms with E-state index in [-0.39, 0.29) is 30.3 Å². The fraction of sp³-hybridized carbons (Fsp3) is 0.611. The number of nitrogens with one attached hydrogen (secondary N) is 2. The molecule has 1 amide bonds. The van der Waals surface area contributed by atoms with Crippen molar-refractivity contribution in [2.24, 2.45) is 11.8 Å². The molecule has 2 saturated heterocycles. The minimum atomic E-state index is 0. The summed E-state index contributed by atoms with van der Waals surface area (Å²) >= 11 is 1.63. The Hall–Kier alpha value is -1.44. The molecule has 0 aliphatic carbocycles. The number of thiophene rings is 1. The summed E-state index contributed by atoms with van der Waals surface area (Å²) < 4.78 is 0. The van der Waals surface area contributed by atoms with Crippen LogP contribution < -0.4 is 15.5 Å². The number of carbonyl (C=O) groups is 1. The lowest BCUT2D eigenvalue weighted by molar-refractivity contribution is -0.126. The molecule has 0 radical (unpaired) electrons. The van der Waals surface area contributed by atoms with Crippen LogP contribution in [0.15, 0.2) is 17.8 Å². The van der Waals surface area contributed by atoms with E-state index in [0.29, 0.717) is 5.92 Å². The number of amides is 1. The first-order valence-corrected chi connectivity index (χ1v) is 10.0. The minimum absolute atomic E-state index is 0. The van der Waals surface area contributed by atoms with Gasteiger partial charge in [0.05, 0.1) is 11.3 Å². The van der Waals surface area contributed by atoms with Gasteiger partial charge < -0.3 is 15.5 Å². The van der Waals surface area contributed by atoms with Crippen LogP contribution in [-0.4, -0.2) is 48.1 Å². The Bertz CT molecular complexity index is 754. The highest BCUT2D eigenvalue weighted by atomic mass is 35.5. The second kappa shape index (κ2) is 8.50. The van der Waals surface area contributed by atoms with E-state index < -0.39 is 0 Å². The monoisotopic (exact) mass is 395 g/mol. The van der Waals surface area contributed by atoms with Crippen LogP contribution in [0.3, 0.4) is 0 Å². The normalized spacial score (nSPS) is 26.3. The highest BCUT2D eigenvalue weighted by Gasteiger charge is 2.30. The fourth-order valence-corrected chi connectivity index (χ4v) is 4.62. The van der Waals surface area contributed by atoms with Gasteiger partial charge in [0.2, 0.25) is 5.91 Å². The van der Waals surface area contributed by atoms with Crippen LogP contribution in [0, 0.1) is 11.8 Å². The van der Waals surface area contributed by atoms with Gasteiger partial charge in [-0.3, -0.25) is 4.79 Å². The van der Waals surface area contributed by atoms with Crippen molar-refractivity contribution in [3.8, 4) is 0 Å². The van der Waals surface area contributed by atoms with E-state index in [1.54, 1.807) is 17.7 Å². The van der Waals surface area contributed by atoms with Gasteiger partial charge in [-0.15, -0.1) is 23.7 Å². The maximum absolute atomic E-state index is 12.8. The Balaban J connectivity index is 0.00000196. The molecule has 2 N–H and O–H groups in total. The quantitative estimate of drug-likeness (QED) is 0.835. The Morgan fingerprint density at radius 2 is 2.27 bits per heavy atom. The van der Waals surface area contributed by atoms with Gasteiger partial charge in [-0.2, -0.15) is 0 Å². The number of fused-ring (bicyclic) bond motifs is 1. The number of halogens is 1. The molecule has 2 aliphatic rings. The highest BCUT2D eigenvalue weighted by Crippen LogP contribution is 2.30. The molecule has 2 aromatic heterocycles. The maximum atomic E-state index is 12.8. The number of hydrogen-bond donors (Lipinski definition) is 2. The predicted octanol–water partition coefficient (Wildman–Crippen LogP) is 2.44. The molecule has 142 valence electrons. The van der Waals surface area contributed by atoms with Crippen molar-refractivity contribution in [2.75, 3.05) is 31.1 Å². The molecule has 2 aromatic rings. The van der Waals surface area contributed by atoms with E-state index in [9.17, 15) is 4.79 Å².